The van der Waals surface area contributed by atoms with Crippen LogP contribution in [0.3, 0.4) is 0 Å². The molecular formula is C9H12ClKN2OS. The third-order valence-corrected chi connectivity index (χ3v) is 3.04. The summed E-state index contributed by atoms with van der Waals surface area (Å²) in [6, 6.07) is 1.79. The molecule has 2 rings (SSSR count). The van der Waals surface area contributed by atoms with Crippen molar-refractivity contribution in [2.45, 2.75) is 4.90 Å². The van der Waals surface area contributed by atoms with E-state index in [1.807, 2.05) is 0 Å². The van der Waals surface area contributed by atoms with Gasteiger partial charge in [0.15, 0.2) is 0 Å². The van der Waals surface area contributed by atoms with E-state index in [0.29, 0.717) is 5.02 Å². The van der Waals surface area contributed by atoms with E-state index in [1.165, 1.54) is 0 Å². The molecule has 1 aliphatic heterocycles. The molecule has 1 aromatic rings. The van der Waals surface area contributed by atoms with Crippen molar-refractivity contribution in [3.05, 3.63) is 17.3 Å². The molecule has 0 bridgehead atoms. The number of nitrogens with zero attached hydrogens (tertiary/aromatic N) is 2. The third-order valence-electron chi connectivity index (χ3n) is 2.16. The third kappa shape index (κ3) is 3.57. The molecule has 0 atom stereocenters. The predicted octanol–water partition coefficient (Wildman–Crippen LogP) is 1.21. The molecule has 1 saturated heterocycles. The van der Waals surface area contributed by atoms with Crippen LogP contribution in [0, 0.1) is 0 Å². The maximum absolute atomic E-state index is 6.11. The second-order valence-electron chi connectivity index (χ2n) is 3.07. The topological polar surface area (TPSA) is 25.4 Å². The van der Waals surface area contributed by atoms with Crippen LogP contribution < -0.4 is 4.90 Å². The van der Waals surface area contributed by atoms with Crippen molar-refractivity contribution in [2.75, 3.05) is 31.2 Å². The molecule has 0 aromatic carbocycles. The number of rotatable bonds is 1. The van der Waals surface area contributed by atoms with Crippen LogP contribution in [0.1, 0.15) is 0 Å². The van der Waals surface area contributed by atoms with Gasteiger partial charge >= 0.3 is 51.4 Å². The van der Waals surface area contributed by atoms with Crippen LogP contribution in [0.15, 0.2) is 17.2 Å². The van der Waals surface area contributed by atoms with E-state index in [1.54, 1.807) is 12.3 Å². The number of hydrogen-bond donors (Lipinski definition) is 1. The molecule has 0 radical (unpaired) electrons. The van der Waals surface area contributed by atoms with Crippen molar-refractivity contribution in [1.82, 2.24) is 4.98 Å². The quantitative estimate of drug-likeness (QED) is 0.614. The number of pyridine rings is 1. The Morgan fingerprint density at radius 2 is 2.07 bits per heavy atom. The number of ether oxygens (including phenoxy) is 1. The predicted molar refractivity (Wildman–Crippen MR) is 66.7 cm³/mol. The van der Waals surface area contributed by atoms with E-state index in [4.69, 9.17) is 16.3 Å². The standard InChI is InChI=1S/C9H11ClN2OS.K.H/c10-8-7(14)1-2-11-9(8)12-3-5-13-6-4-12;;/h1-2H,3-6H2,(H,11,14);;. The number of morpholine rings is 1. The number of aromatic nitrogens is 1. The summed E-state index contributed by atoms with van der Waals surface area (Å²) in [6.45, 7) is 3.14. The minimum atomic E-state index is 0. The van der Waals surface area contributed by atoms with Crippen LogP contribution in [0.2, 0.25) is 5.02 Å². The van der Waals surface area contributed by atoms with Gasteiger partial charge in [-0.15, -0.1) is 12.6 Å². The SMILES string of the molecule is Sc1ccnc(N2CCOCC2)c1Cl.[KH]. The Balaban J connectivity index is 0.00000112. The second-order valence-corrected chi connectivity index (χ2v) is 3.93. The second kappa shape index (κ2) is 6.81. The molecule has 15 heavy (non-hydrogen) atoms. The van der Waals surface area contributed by atoms with E-state index in [0.717, 1.165) is 37.0 Å². The van der Waals surface area contributed by atoms with E-state index in [-0.39, 0.29) is 51.4 Å². The molecule has 3 nitrogen and oxygen atoms in total. The van der Waals surface area contributed by atoms with Crippen LogP contribution in [0.25, 0.3) is 0 Å². The van der Waals surface area contributed by atoms with Gasteiger partial charge in [-0.05, 0) is 6.07 Å². The van der Waals surface area contributed by atoms with Gasteiger partial charge in [-0.1, -0.05) is 11.6 Å². The van der Waals surface area contributed by atoms with Gasteiger partial charge in [-0.25, -0.2) is 4.98 Å². The zero-order valence-electron chi connectivity index (χ0n) is 7.61. The maximum atomic E-state index is 6.11. The Morgan fingerprint density at radius 1 is 1.40 bits per heavy atom. The number of halogens is 1. The van der Waals surface area contributed by atoms with Gasteiger partial charge in [0.2, 0.25) is 0 Å². The van der Waals surface area contributed by atoms with Crippen LogP contribution in [0.4, 0.5) is 5.82 Å². The summed E-state index contributed by atoms with van der Waals surface area (Å²) in [5.74, 6) is 0.808. The summed E-state index contributed by atoms with van der Waals surface area (Å²) in [5.41, 5.74) is 0. The molecule has 0 amide bonds. The Morgan fingerprint density at radius 3 is 2.73 bits per heavy atom. The van der Waals surface area contributed by atoms with Crippen molar-refractivity contribution >= 4 is 81.4 Å². The zero-order chi connectivity index (χ0) is 9.97. The fourth-order valence-corrected chi connectivity index (χ4v) is 1.82. The van der Waals surface area contributed by atoms with Gasteiger partial charge in [-0.2, -0.15) is 0 Å². The monoisotopic (exact) mass is 270 g/mol. The molecule has 0 saturated carbocycles. The van der Waals surface area contributed by atoms with Gasteiger partial charge in [0.25, 0.3) is 0 Å². The van der Waals surface area contributed by atoms with Crippen molar-refractivity contribution < 1.29 is 4.74 Å². The fourth-order valence-electron chi connectivity index (χ4n) is 1.42. The number of anilines is 1. The first kappa shape index (κ1) is 14.2. The summed E-state index contributed by atoms with van der Waals surface area (Å²) >= 11 is 10.4. The van der Waals surface area contributed by atoms with E-state index in [9.17, 15) is 0 Å². The average molecular weight is 271 g/mol. The molecule has 2 heterocycles. The molecule has 1 fully saturated rings. The summed E-state index contributed by atoms with van der Waals surface area (Å²) in [7, 11) is 0. The van der Waals surface area contributed by atoms with E-state index < -0.39 is 0 Å². The summed E-state index contributed by atoms with van der Waals surface area (Å²) < 4.78 is 5.26. The first-order valence-electron chi connectivity index (χ1n) is 4.45. The van der Waals surface area contributed by atoms with E-state index in [2.05, 4.69) is 22.5 Å². The van der Waals surface area contributed by atoms with Crippen molar-refractivity contribution in [3.63, 3.8) is 0 Å². The minimum absolute atomic E-state index is 0. The Labute approximate surface area is 142 Å². The van der Waals surface area contributed by atoms with Gasteiger partial charge in [-0.3, -0.25) is 0 Å². The average Bonchev–Trinajstić information content (AvgIpc) is 2.23. The van der Waals surface area contributed by atoms with Crippen molar-refractivity contribution in [1.29, 1.82) is 0 Å². The summed E-state index contributed by atoms with van der Waals surface area (Å²) in [6.07, 6.45) is 1.72. The van der Waals surface area contributed by atoms with Crippen LogP contribution in [-0.4, -0.2) is 82.7 Å². The molecule has 0 aliphatic carbocycles. The molecule has 1 aromatic heterocycles. The van der Waals surface area contributed by atoms with Crippen molar-refractivity contribution in [2.24, 2.45) is 0 Å². The zero-order valence-corrected chi connectivity index (χ0v) is 9.26. The molecule has 0 spiro atoms. The fraction of sp³-hybridized carbons (Fsp3) is 0.444. The Kier molecular flexibility index (Phi) is 6.47. The summed E-state index contributed by atoms with van der Waals surface area (Å²) in [5, 5.41) is 0.623. The summed E-state index contributed by atoms with van der Waals surface area (Å²) in [4.78, 5) is 7.14. The normalized spacial score (nSPS) is 16.0. The number of hydrogen-bond acceptors (Lipinski definition) is 4. The first-order valence-corrected chi connectivity index (χ1v) is 5.27. The van der Waals surface area contributed by atoms with Crippen molar-refractivity contribution in [3.8, 4) is 0 Å². The Bertz CT molecular complexity index is 334. The molecule has 0 unspecified atom stereocenters. The molecule has 6 heteroatoms. The molecule has 0 N–H and O–H groups in total. The molecular weight excluding hydrogens is 259 g/mol. The van der Waals surface area contributed by atoms with Gasteiger partial charge in [0.1, 0.15) is 5.82 Å². The Hall–Kier alpha value is 1.19. The van der Waals surface area contributed by atoms with Gasteiger partial charge < -0.3 is 9.64 Å². The van der Waals surface area contributed by atoms with Gasteiger partial charge in [0, 0.05) is 24.2 Å². The van der Waals surface area contributed by atoms with Crippen LogP contribution in [-0.2, 0) is 4.74 Å². The van der Waals surface area contributed by atoms with Gasteiger partial charge in [0.05, 0.1) is 18.2 Å². The van der Waals surface area contributed by atoms with Crippen LogP contribution >= 0.6 is 24.2 Å². The van der Waals surface area contributed by atoms with E-state index >= 15 is 0 Å². The first-order chi connectivity index (χ1) is 6.79. The molecule has 78 valence electrons. The number of thiol groups is 1. The molecule has 1 aliphatic rings. The van der Waals surface area contributed by atoms with Crippen LogP contribution in [0.5, 0.6) is 0 Å².